The van der Waals surface area contributed by atoms with E-state index in [0.29, 0.717) is 5.56 Å². The summed E-state index contributed by atoms with van der Waals surface area (Å²) >= 11 is 0. The zero-order valence-electron chi connectivity index (χ0n) is 14.2. The zero-order valence-corrected chi connectivity index (χ0v) is 14.2. The Labute approximate surface area is 156 Å². The standard InChI is InChI=1S/C19H15F5O4/c20-18(21,22)11-12-27-15-8-4-14(5-9-15)19(23,24)28-16-6-1-13(2-7-16)3-10-17(25)26/h1-10H,11-12H2,(H,25,26). The van der Waals surface area contributed by atoms with Crippen molar-refractivity contribution >= 4 is 12.0 Å². The predicted molar refractivity (Wildman–Crippen MR) is 90.2 cm³/mol. The van der Waals surface area contributed by atoms with Gasteiger partial charge in [-0.1, -0.05) is 12.1 Å². The normalized spacial score (nSPS) is 12.2. The Bertz CT molecular complexity index is 812. The molecule has 0 amide bonds. The third kappa shape index (κ3) is 6.90. The van der Waals surface area contributed by atoms with Crippen molar-refractivity contribution in [3.8, 4) is 11.5 Å². The number of alkyl halides is 5. The van der Waals surface area contributed by atoms with E-state index in [1.807, 2.05) is 0 Å². The molecule has 9 heteroatoms. The first-order valence-corrected chi connectivity index (χ1v) is 7.93. The van der Waals surface area contributed by atoms with Crippen LogP contribution in [0.15, 0.2) is 54.6 Å². The number of benzene rings is 2. The summed E-state index contributed by atoms with van der Waals surface area (Å²) in [6.45, 7) is -0.613. The molecule has 150 valence electrons. The minimum absolute atomic E-state index is 0.0263. The van der Waals surface area contributed by atoms with Crippen LogP contribution < -0.4 is 9.47 Å². The van der Waals surface area contributed by atoms with Crippen molar-refractivity contribution in [3.05, 3.63) is 65.7 Å². The Morgan fingerprint density at radius 3 is 2.04 bits per heavy atom. The topological polar surface area (TPSA) is 55.8 Å². The first-order chi connectivity index (χ1) is 13.0. The molecule has 0 radical (unpaired) electrons. The van der Waals surface area contributed by atoms with Gasteiger partial charge in [0.2, 0.25) is 0 Å². The molecule has 0 saturated heterocycles. The fourth-order valence-electron chi connectivity index (χ4n) is 2.05. The van der Waals surface area contributed by atoms with Crippen LogP contribution in [0.5, 0.6) is 11.5 Å². The van der Waals surface area contributed by atoms with E-state index in [9.17, 15) is 26.7 Å². The van der Waals surface area contributed by atoms with Crippen molar-refractivity contribution in [1.29, 1.82) is 0 Å². The summed E-state index contributed by atoms with van der Waals surface area (Å²) in [7, 11) is 0. The molecule has 2 aromatic rings. The quantitative estimate of drug-likeness (QED) is 0.484. The Morgan fingerprint density at radius 2 is 1.50 bits per heavy atom. The Morgan fingerprint density at radius 1 is 0.929 bits per heavy atom. The Hall–Kier alpha value is -3.10. The third-order valence-electron chi connectivity index (χ3n) is 3.39. The van der Waals surface area contributed by atoms with Gasteiger partial charge in [-0.2, -0.15) is 22.0 Å². The highest BCUT2D eigenvalue weighted by Gasteiger charge is 2.34. The minimum atomic E-state index is -4.36. The van der Waals surface area contributed by atoms with E-state index < -0.39 is 36.8 Å². The lowest BCUT2D eigenvalue weighted by atomic mass is 10.2. The summed E-state index contributed by atoms with van der Waals surface area (Å²) in [6.07, 6.45) is -7.00. The minimum Gasteiger partial charge on any atom is -0.493 e. The van der Waals surface area contributed by atoms with Crippen LogP contribution in [-0.2, 0) is 10.9 Å². The van der Waals surface area contributed by atoms with Crippen molar-refractivity contribution in [2.24, 2.45) is 0 Å². The van der Waals surface area contributed by atoms with Gasteiger partial charge in [-0.05, 0) is 48.0 Å². The summed E-state index contributed by atoms with van der Waals surface area (Å²) in [5.74, 6) is -1.26. The molecule has 0 bridgehead atoms. The zero-order chi connectivity index (χ0) is 20.8. The van der Waals surface area contributed by atoms with E-state index >= 15 is 0 Å². The van der Waals surface area contributed by atoms with Crippen molar-refractivity contribution in [1.82, 2.24) is 0 Å². The van der Waals surface area contributed by atoms with Crippen LogP contribution in [0.3, 0.4) is 0 Å². The van der Waals surface area contributed by atoms with Gasteiger partial charge in [0, 0.05) is 6.08 Å². The number of hydrogen-bond acceptors (Lipinski definition) is 3. The van der Waals surface area contributed by atoms with E-state index in [4.69, 9.17) is 9.84 Å². The maximum Gasteiger partial charge on any atom is 0.426 e. The van der Waals surface area contributed by atoms with Gasteiger partial charge in [0.15, 0.2) is 0 Å². The molecule has 0 aliphatic carbocycles. The van der Waals surface area contributed by atoms with E-state index in [-0.39, 0.29) is 11.5 Å². The van der Waals surface area contributed by atoms with Gasteiger partial charge in [-0.15, -0.1) is 0 Å². The summed E-state index contributed by atoms with van der Waals surface area (Å²) in [5.41, 5.74) is -0.0241. The van der Waals surface area contributed by atoms with Crippen molar-refractivity contribution in [3.63, 3.8) is 0 Å². The Balaban J connectivity index is 1.99. The van der Waals surface area contributed by atoms with Crippen LogP contribution in [0.1, 0.15) is 17.5 Å². The van der Waals surface area contributed by atoms with E-state index in [1.54, 1.807) is 0 Å². The monoisotopic (exact) mass is 402 g/mol. The molecular weight excluding hydrogens is 387 g/mol. The molecule has 0 unspecified atom stereocenters. The summed E-state index contributed by atoms with van der Waals surface area (Å²) < 4.78 is 74.2. The molecule has 0 aromatic heterocycles. The van der Waals surface area contributed by atoms with Crippen LogP contribution >= 0.6 is 0 Å². The summed E-state index contributed by atoms with van der Waals surface area (Å²) in [4.78, 5) is 10.4. The maximum absolute atomic E-state index is 14.2. The van der Waals surface area contributed by atoms with Crippen LogP contribution in [-0.4, -0.2) is 23.9 Å². The molecular formula is C19H15F5O4. The molecule has 1 N–H and O–H groups in total. The first-order valence-electron chi connectivity index (χ1n) is 7.93. The van der Waals surface area contributed by atoms with Gasteiger partial charge in [-0.25, -0.2) is 4.79 Å². The van der Waals surface area contributed by atoms with Crippen molar-refractivity contribution in [2.75, 3.05) is 6.61 Å². The average Bonchev–Trinajstić information content (AvgIpc) is 2.60. The highest BCUT2D eigenvalue weighted by molar-refractivity contribution is 5.85. The van der Waals surface area contributed by atoms with Gasteiger partial charge in [0.05, 0.1) is 18.6 Å². The summed E-state index contributed by atoms with van der Waals surface area (Å²) in [5, 5.41) is 8.54. The van der Waals surface area contributed by atoms with Gasteiger partial charge in [0.25, 0.3) is 0 Å². The first kappa shape index (κ1) is 21.2. The largest absolute Gasteiger partial charge is 0.493 e. The predicted octanol–water partition coefficient (Wildman–Crippen LogP) is 5.24. The molecule has 28 heavy (non-hydrogen) atoms. The molecule has 4 nitrogen and oxygen atoms in total. The second-order valence-corrected chi connectivity index (χ2v) is 5.60. The number of ether oxygens (including phenoxy) is 2. The number of carbonyl (C=O) groups is 1. The number of rotatable bonds is 8. The van der Waals surface area contributed by atoms with E-state index in [1.165, 1.54) is 30.3 Å². The number of carboxylic acids is 1. The summed E-state index contributed by atoms with van der Waals surface area (Å²) in [6, 6.07) is 9.56. The van der Waals surface area contributed by atoms with Crippen LogP contribution in [0, 0.1) is 0 Å². The SMILES string of the molecule is O=C(O)C=Cc1ccc(OC(F)(F)c2ccc(OCCC(F)(F)F)cc2)cc1. The van der Waals surface area contributed by atoms with Gasteiger partial charge >= 0.3 is 18.3 Å². The molecule has 0 atom stereocenters. The average molecular weight is 402 g/mol. The fraction of sp³-hybridized carbons (Fsp3) is 0.211. The molecule has 0 aliphatic heterocycles. The molecule has 0 saturated carbocycles. The smallest absolute Gasteiger partial charge is 0.426 e. The number of aliphatic carboxylic acids is 1. The lowest BCUT2D eigenvalue weighted by Crippen LogP contribution is -2.21. The fourth-order valence-corrected chi connectivity index (χ4v) is 2.05. The lowest BCUT2D eigenvalue weighted by molar-refractivity contribution is -0.185. The second kappa shape index (κ2) is 8.73. The molecule has 0 heterocycles. The molecule has 2 aromatic carbocycles. The molecule has 0 spiro atoms. The lowest BCUT2D eigenvalue weighted by Gasteiger charge is -2.18. The number of halogens is 5. The van der Waals surface area contributed by atoms with E-state index in [0.717, 1.165) is 30.3 Å². The van der Waals surface area contributed by atoms with Crippen LogP contribution in [0.25, 0.3) is 6.08 Å². The molecule has 0 aliphatic rings. The van der Waals surface area contributed by atoms with E-state index in [2.05, 4.69) is 4.74 Å². The van der Waals surface area contributed by atoms with Gasteiger partial charge in [-0.3, -0.25) is 0 Å². The maximum atomic E-state index is 14.2. The molecule has 2 rings (SSSR count). The second-order valence-electron chi connectivity index (χ2n) is 5.60. The molecule has 0 fully saturated rings. The van der Waals surface area contributed by atoms with Crippen molar-refractivity contribution in [2.45, 2.75) is 18.7 Å². The van der Waals surface area contributed by atoms with Gasteiger partial charge in [0.1, 0.15) is 11.5 Å². The highest BCUT2D eigenvalue weighted by atomic mass is 19.4. The Kier molecular flexibility index (Phi) is 6.61. The number of hydrogen-bond donors (Lipinski definition) is 1. The van der Waals surface area contributed by atoms with Crippen LogP contribution in [0.2, 0.25) is 0 Å². The highest BCUT2D eigenvalue weighted by Crippen LogP contribution is 2.32. The third-order valence-corrected chi connectivity index (χ3v) is 3.39. The number of carboxylic acid groups (broad SMARTS) is 1. The van der Waals surface area contributed by atoms with Gasteiger partial charge < -0.3 is 14.6 Å². The van der Waals surface area contributed by atoms with Crippen molar-refractivity contribution < 1.29 is 41.3 Å². The van der Waals surface area contributed by atoms with Crippen LogP contribution in [0.4, 0.5) is 22.0 Å².